The minimum absolute atomic E-state index is 0.0247. The van der Waals surface area contributed by atoms with Gasteiger partial charge in [0, 0.05) is 34.6 Å². The zero-order chi connectivity index (χ0) is 27.9. The zero-order valence-electron chi connectivity index (χ0n) is 19.7. The number of nitrogens with one attached hydrogen (secondary N) is 2. The first-order valence-corrected chi connectivity index (χ1v) is 12.7. The van der Waals surface area contributed by atoms with E-state index in [1.807, 2.05) is 0 Å². The first-order valence-electron chi connectivity index (χ1n) is 11.2. The Kier molecular flexibility index (Phi) is 6.12. The third-order valence-corrected chi connectivity index (χ3v) is 7.90. The van der Waals surface area contributed by atoms with Gasteiger partial charge in [-0.2, -0.15) is 0 Å². The number of carbonyl (C=O) groups excluding carboxylic acids is 2. The molecule has 0 saturated carbocycles. The largest absolute Gasteiger partial charge is 0.322 e. The molecule has 194 valence electrons. The SMILES string of the molecule is O=C(Nc1ccc2c(c1)-c1cc(NC(=O)c3ccccc3[N+](=O)[O-])ccc1S2(=O)=O)c1ccccc1[N+](=O)[O-]. The molecule has 0 radical (unpaired) electrons. The smallest absolute Gasteiger partial charge is 0.282 e. The second kappa shape index (κ2) is 9.46. The van der Waals surface area contributed by atoms with E-state index in [0.717, 1.165) is 0 Å². The van der Waals surface area contributed by atoms with E-state index in [1.54, 1.807) is 0 Å². The first kappa shape index (κ1) is 25.2. The van der Waals surface area contributed by atoms with Gasteiger partial charge < -0.3 is 10.6 Å². The summed E-state index contributed by atoms with van der Waals surface area (Å²) in [7, 11) is -3.90. The van der Waals surface area contributed by atoms with Crippen LogP contribution in [0.2, 0.25) is 0 Å². The van der Waals surface area contributed by atoms with Crippen molar-refractivity contribution in [1.29, 1.82) is 0 Å². The van der Waals surface area contributed by atoms with E-state index in [-0.39, 0.29) is 54.8 Å². The molecule has 4 aromatic rings. The Morgan fingerprint density at radius 3 is 1.38 bits per heavy atom. The van der Waals surface area contributed by atoms with E-state index in [0.29, 0.717) is 0 Å². The van der Waals surface area contributed by atoms with Gasteiger partial charge >= 0.3 is 0 Å². The van der Waals surface area contributed by atoms with Crippen molar-refractivity contribution in [3.05, 3.63) is 116 Å². The molecule has 0 saturated heterocycles. The fourth-order valence-electron chi connectivity index (χ4n) is 4.27. The molecular formula is C26H16N4O8S. The number of anilines is 2. The monoisotopic (exact) mass is 544 g/mol. The molecule has 39 heavy (non-hydrogen) atoms. The number of amides is 2. The molecule has 12 nitrogen and oxygen atoms in total. The molecule has 2 N–H and O–H groups in total. The summed E-state index contributed by atoms with van der Waals surface area (Å²) in [6.45, 7) is 0. The highest BCUT2D eigenvalue weighted by Gasteiger charge is 2.34. The van der Waals surface area contributed by atoms with E-state index in [4.69, 9.17) is 0 Å². The number of nitro benzene ring substituents is 2. The summed E-state index contributed by atoms with van der Waals surface area (Å²) in [6, 6.07) is 19.0. The second-order valence-electron chi connectivity index (χ2n) is 8.38. The van der Waals surface area contributed by atoms with Gasteiger partial charge in [0.25, 0.3) is 23.2 Å². The maximum atomic E-state index is 13.1. The summed E-state index contributed by atoms with van der Waals surface area (Å²) in [5.41, 5.74) is -0.249. The number of hydrogen-bond donors (Lipinski definition) is 2. The Hall–Kier alpha value is -5.43. The Balaban J connectivity index is 1.48. The number of sulfone groups is 1. The topological polar surface area (TPSA) is 179 Å². The standard InChI is InChI=1S/C26H16N4O8S/c31-25(17-5-1-3-7-21(17)29(33)34)27-15-9-11-23-19(13-15)20-14-16(10-12-24(20)39(23,37)38)28-26(32)18-6-2-4-8-22(18)30(35)36/h1-14H,(H,27,31)(H,28,32). The summed E-state index contributed by atoms with van der Waals surface area (Å²) in [5, 5.41) is 27.7. The van der Waals surface area contributed by atoms with Crippen molar-refractivity contribution in [3.63, 3.8) is 0 Å². The van der Waals surface area contributed by atoms with Gasteiger partial charge in [-0.15, -0.1) is 0 Å². The van der Waals surface area contributed by atoms with E-state index in [2.05, 4.69) is 10.6 Å². The van der Waals surface area contributed by atoms with Gasteiger partial charge in [-0.05, 0) is 48.5 Å². The maximum absolute atomic E-state index is 13.1. The fraction of sp³-hybridized carbons (Fsp3) is 0. The lowest BCUT2D eigenvalue weighted by Gasteiger charge is -2.09. The molecule has 0 atom stereocenters. The van der Waals surface area contributed by atoms with Crippen LogP contribution < -0.4 is 10.6 Å². The van der Waals surface area contributed by atoms with E-state index in [1.165, 1.54) is 84.9 Å². The molecule has 0 aromatic heterocycles. The first-order chi connectivity index (χ1) is 18.6. The molecule has 4 aromatic carbocycles. The molecule has 0 fully saturated rings. The van der Waals surface area contributed by atoms with E-state index < -0.39 is 31.5 Å². The summed E-state index contributed by atoms with van der Waals surface area (Å²) >= 11 is 0. The number of nitro groups is 2. The third kappa shape index (κ3) is 4.46. The Morgan fingerprint density at radius 1 is 0.615 bits per heavy atom. The average Bonchev–Trinajstić information content (AvgIpc) is 3.14. The quantitative estimate of drug-likeness (QED) is 0.225. The Bertz CT molecular complexity index is 1710. The van der Waals surface area contributed by atoms with Crippen LogP contribution in [0.5, 0.6) is 0 Å². The highest BCUT2D eigenvalue weighted by atomic mass is 32.2. The fourth-order valence-corrected chi connectivity index (χ4v) is 5.92. The molecule has 0 aliphatic carbocycles. The second-order valence-corrected chi connectivity index (χ2v) is 10.3. The van der Waals surface area contributed by atoms with Crippen molar-refractivity contribution in [1.82, 2.24) is 0 Å². The van der Waals surface area contributed by atoms with Crippen molar-refractivity contribution in [3.8, 4) is 11.1 Å². The number of nitrogens with zero attached hydrogens (tertiary/aromatic N) is 2. The molecule has 0 spiro atoms. The molecule has 13 heteroatoms. The van der Waals surface area contributed by atoms with E-state index in [9.17, 15) is 38.2 Å². The van der Waals surface area contributed by atoms with Crippen molar-refractivity contribution < 1.29 is 27.9 Å². The van der Waals surface area contributed by atoms with Crippen LogP contribution in [-0.4, -0.2) is 30.1 Å². The Morgan fingerprint density at radius 2 is 1.00 bits per heavy atom. The van der Waals surface area contributed by atoms with Crippen LogP contribution in [0, 0.1) is 20.2 Å². The summed E-state index contributed by atoms with van der Waals surface area (Å²) in [6.07, 6.45) is 0. The minimum Gasteiger partial charge on any atom is -0.322 e. The molecule has 1 aliphatic heterocycles. The maximum Gasteiger partial charge on any atom is 0.282 e. The normalized spacial score (nSPS) is 12.6. The zero-order valence-corrected chi connectivity index (χ0v) is 20.5. The van der Waals surface area contributed by atoms with Crippen molar-refractivity contribution in [2.24, 2.45) is 0 Å². The number of rotatable bonds is 6. The summed E-state index contributed by atoms with van der Waals surface area (Å²) in [4.78, 5) is 46.7. The van der Waals surface area contributed by atoms with Crippen molar-refractivity contribution >= 4 is 44.4 Å². The van der Waals surface area contributed by atoms with Crippen LogP contribution in [0.4, 0.5) is 22.7 Å². The van der Waals surface area contributed by atoms with Crippen molar-refractivity contribution in [2.75, 3.05) is 10.6 Å². The molecule has 0 bridgehead atoms. The lowest BCUT2D eigenvalue weighted by atomic mass is 10.0. The van der Waals surface area contributed by atoms with Gasteiger partial charge in [-0.25, -0.2) is 8.42 Å². The molecular weight excluding hydrogens is 528 g/mol. The van der Waals surface area contributed by atoms with Crippen LogP contribution in [-0.2, 0) is 9.84 Å². The summed E-state index contributed by atoms with van der Waals surface area (Å²) in [5.74, 6) is -1.51. The lowest BCUT2D eigenvalue weighted by molar-refractivity contribution is -0.385. The summed E-state index contributed by atoms with van der Waals surface area (Å²) < 4.78 is 26.2. The molecule has 1 heterocycles. The van der Waals surface area contributed by atoms with Crippen LogP contribution >= 0.6 is 0 Å². The number of fused-ring (bicyclic) bond motifs is 3. The average molecular weight is 545 g/mol. The van der Waals surface area contributed by atoms with E-state index >= 15 is 0 Å². The minimum atomic E-state index is -3.90. The van der Waals surface area contributed by atoms with Crippen LogP contribution in [0.25, 0.3) is 11.1 Å². The molecule has 1 aliphatic rings. The molecule has 5 rings (SSSR count). The Labute approximate surface area is 220 Å². The van der Waals surface area contributed by atoms with Crippen molar-refractivity contribution in [2.45, 2.75) is 9.79 Å². The van der Waals surface area contributed by atoms with Crippen LogP contribution in [0.1, 0.15) is 20.7 Å². The predicted molar refractivity (Wildman–Crippen MR) is 139 cm³/mol. The molecule has 0 unspecified atom stereocenters. The van der Waals surface area contributed by atoms with Gasteiger partial charge in [0.15, 0.2) is 0 Å². The van der Waals surface area contributed by atoms with Gasteiger partial charge in [-0.1, -0.05) is 24.3 Å². The van der Waals surface area contributed by atoms with Crippen LogP contribution in [0.15, 0.2) is 94.7 Å². The van der Waals surface area contributed by atoms with Gasteiger partial charge in [0.1, 0.15) is 11.1 Å². The number of benzene rings is 4. The third-order valence-electron chi connectivity index (χ3n) is 6.03. The van der Waals surface area contributed by atoms with Gasteiger partial charge in [0.2, 0.25) is 9.84 Å². The highest BCUT2D eigenvalue weighted by Crippen LogP contribution is 2.45. The van der Waals surface area contributed by atoms with Gasteiger partial charge in [-0.3, -0.25) is 29.8 Å². The number of carbonyl (C=O) groups is 2. The number of hydrogen-bond acceptors (Lipinski definition) is 8. The predicted octanol–water partition coefficient (Wildman–Crippen LogP) is 4.82. The van der Waals surface area contributed by atoms with Crippen LogP contribution in [0.3, 0.4) is 0 Å². The lowest BCUT2D eigenvalue weighted by Crippen LogP contribution is -2.14. The molecule has 2 amide bonds. The number of para-hydroxylation sites is 2. The highest BCUT2D eigenvalue weighted by molar-refractivity contribution is 7.92. The van der Waals surface area contributed by atoms with Gasteiger partial charge in [0.05, 0.1) is 19.6 Å².